The molecule has 0 fully saturated rings. The highest BCUT2D eigenvalue weighted by Gasteiger charge is 2.11. The normalized spacial score (nSPS) is 10.7. The van der Waals surface area contributed by atoms with Gasteiger partial charge in [-0.05, 0) is 60.5 Å². The Morgan fingerprint density at radius 2 is 1.80 bits per heavy atom. The van der Waals surface area contributed by atoms with E-state index in [0.29, 0.717) is 35.0 Å². The van der Waals surface area contributed by atoms with Crippen LogP contribution in [-0.2, 0) is 6.61 Å². The highest BCUT2D eigenvalue weighted by Crippen LogP contribution is 2.28. The third-order valence-corrected chi connectivity index (χ3v) is 5.26. The second-order valence-corrected chi connectivity index (χ2v) is 8.22. The van der Waals surface area contributed by atoms with Crippen molar-refractivity contribution in [2.24, 2.45) is 5.10 Å². The van der Waals surface area contributed by atoms with Gasteiger partial charge in [-0.3, -0.25) is 14.9 Å². The van der Waals surface area contributed by atoms with Gasteiger partial charge in [0.05, 0.1) is 24.9 Å². The van der Waals surface area contributed by atoms with E-state index in [9.17, 15) is 14.9 Å². The van der Waals surface area contributed by atoms with Gasteiger partial charge in [0, 0.05) is 27.7 Å². The summed E-state index contributed by atoms with van der Waals surface area (Å²) in [6.07, 6.45) is 2.33. The Labute approximate surface area is 211 Å². The minimum Gasteiger partial charge on any atom is -0.493 e. The Bertz CT molecular complexity index is 1210. The van der Waals surface area contributed by atoms with E-state index in [0.717, 1.165) is 16.5 Å². The molecule has 0 aliphatic carbocycles. The van der Waals surface area contributed by atoms with E-state index in [-0.39, 0.29) is 12.3 Å². The Morgan fingerprint density at radius 3 is 2.49 bits per heavy atom. The van der Waals surface area contributed by atoms with Crippen molar-refractivity contribution in [3.63, 3.8) is 0 Å². The highest BCUT2D eigenvalue weighted by atomic mass is 79.9. The van der Waals surface area contributed by atoms with Gasteiger partial charge in [0.25, 0.3) is 11.6 Å². The SMILES string of the molecule is CCCOc1ccc(C(=O)N/N=C/c2cc(Br)ccc2OCc2ccc([N+](=O)[O-])cc2)cc1OC. The van der Waals surface area contributed by atoms with Crippen LogP contribution in [0.3, 0.4) is 0 Å². The number of nitro groups is 1. The molecular formula is C25H24BrN3O6. The number of amides is 1. The lowest BCUT2D eigenvalue weighted by Crippen LogP contribution is -2.17. The fourth-order valence-corrected chi connectivity index (χ4v) is 3.37. The average Bonchev–Trinajstić information content (AvgIpc) is 2.87. The number of non-ortho nitro benzene ring substituents is 1. The molecule has 3 aromatic carbocycles. The largest absolute Gasteiger partial charge is 0.493 e. The number of rotatable bonds is 11. The van der Waals surface area contributed by atoms with Crippen molar-refractivity contribution < 1.29 is 23.9 Å². The molecule has 0 radical (unpaired) electrons. The van der Waals surface area contributed by atoms with Crippen molar-refractivity contribution in [3.8, 4) is 17.2 Å². The summed E-state index contributed by atoms with van der Waals surface area (Å²) in [7, 11) is 1.51. The molecule has 0 aliphatic rings. The number of nitrogens with one attached hydrogen (secondary N) is 1. The van der Waals surface area contributed by atoms with Crippen LogP contribution in [-0.4, -0.2) is 30.8 Å². The van der Waals surface area contributed by atoms with E-state index in [1.165, 1.54) is 25.5 Å². The lowest BCUT2D eigenvalue weighted by Gasteiger charge is -2.11. The molecule has 0 aromatic heterocycles. The summed E-state index contributed by atoms with van der Waals surface area (Å²) in [5.41, 5.74) is 4.28. The van der Waals surface area contributed by atoms with Gasteiger partial charge in [0.15, 0.2) is 11.5 Å². The van der Waals surface area contributed by atoms with Crippen molar-refractivity contribution in [1.29, 1.82) is 0 Å². The van der Waals surface area contributed by atoms with Crippen LogP contribution in [0.15, 0.2) is 70.2 Å². The molecule has 0 saturated heterocycles. The second kappa shape index (κ2) is 12.5. The molecule has 3 rings (SSSR count). The van der Waals surface area contributed by atoms with Gasteiger partial charge < -0.3 is 14.2 Å². The summed E-state index contributed by atoms with van der Waals surface area (Å²) in [5, 5.41) is 14.9. The number of hydrazone groups is 1. The maximum Gasteiger partial charge on any atom is 0.271 e. The van der Waals surface area contributed by atoms with Crippen LogP contribution in [0.4, 0.5) is 5.69 Å². The molecule has 1 N–H and O–H groups in total. The van der Waals surface area contributed by atoms with E-state index >= 15 is 0 Å². The molecule has 35 heavy (non-hydrogen) atoms. The van der Waals surface area contributed by atoms with Gasteiger partial charge >= 0.3 is 0 Å². The number of ether oxygens (including phenoxy) is 3. The van der Waals surface area contributed by atoms with Crippen LogP contribution in [0.2, 0.25) is 0 Å². The van der Waals surface area contributed by atoms with Gasteiger partial charge in [0.2, 0.25) is 0 Å². The summed E-state index contributed by atoms with van der Waals surface area (Å²) in [6, 6.07) is 16.4. The number of benzene rings is 3. The Morgan fingerprint density at radius 1 is 1.06 bits per heavy atom. The predicted octanol–water partition coefficient (Wildman–Crippen LogP) is 5.50. The van der Waals surface area contributed by atoms with Crippen molar-refractivity contribution >= 4 is 33.7 Å². The molecule has 0 aliphatic heterocycles. The summed E-state index contributed by atoms with van der Waals surface area (Å²) in [6.45, 7) is 2.76. The summed E-state index contributed by atoms with van der Waals surface area (Å²) in [4.78, 5) is 22.9. The maximum absolute atomic E-state index is 12.6. The minimum absolute atomic E-state index is 0.0155. The number of hydrogen-bond donors (Lipinski definition) is 1. The van der Waals surface area contributed by atoms with Crippen LogP contribution >= 0.6 is 15.9 Å². The first kappa shape index (κ1) is 25.7. The van der Waals surface area contributed by atoms with E-state index < -0.39 is 10.8 Å². The minimum atomic E-state index is -0.451. The average molecular weight is 542 g/mol. The number of halogens is 1. The number of nitro benzene ring substituents is 1. The molecule has 0 spiro atoms. The standard InChI is InChI=1S/C25H24BrN3O6/c1-3-12-34-23-10-6-18(14-24(23)33-2)25(30)28-27-15-19-13-20(26)7-11-22(19)35-16-17-4-8-21(9-5-17)29(31)32/h4-11,13-15H,3,12,16H2,1-2H3,(H,28,30)/b27-15+. The molecule has 0 bridgehead atoms. The predicted molar refractivity (Wildman–Crippen MR) is 135 cm³/mol. The zero-order valence-corrected chi connectivity index (χ0v) is 20.8. The van der Waals surface area contributed by atoms with Gasteiger partial charge in [-0.2, -0.15) is 5.10 Å². The van der Waals surface area contributed by atoms with Crippen LogP contribution in [0.5, 0.6) is 17.2 Å². The third kappa shape index (κ3) is 7.28. The van der Waals surface area contributed by atoms with E-state index in [1.54, 1.807) is 42.5 Å². The first-order chi connectivity index (χ1) is 16.9. The molecule has 1 amide bonds. The van der Waals surface area contributed by atoms with Crippen molar-refractivity contribution in [3.05, 3.63) is 91.9 Å². The molecule has 9 nitrogen and oxygen atoms in total. The molecule has 3 aromatic rings. The summed E-state index contributed by atoms with van der Waals surface area (Å²) >= 11 is 3.42. The van der Waals surface area contributed by atoms with Crippen molar-refractivity contribution in [2.45, 2.75) is 20.0 Å². The van der Waals surface area contributed by atoms with Crippen molar-refractivity contribution in [1.82, 2.24) is 5.43 Å². The monoisotopic (exact) mass is 541 g/mol. The lowest BCUT2D eigenvalue weighted by molar-refractivity contribution is -0.384. The topological polar surface area (TPSA) is 112 Å². The van der Waals surface area contributed by atoms with Gasteiger partial charge in [-0.1, -0.05) is 22.9 Å². The summed E-state index contributed by atoms with van der Waals surface area (Å²) < 4.78 is 17.6. The van der Waals surface area contributed by atoms with Crippen LogP contribution < -0.4 is 19.6 Å². The zero-order chi connectivity index (χ0) is 25.2. The maximum atomic E-state index is 12.6. The molecular weight excluding hydrogens is 518 g/mol. The Balaban J connectivity index is 1.67. The first-order valence-electron chi connectivity index (χ1n) is 10.7. The molecule has 0 unspecified atom stereocenters. The first-order valence-corrected chi connectivity index (χ1v) is 11.5. The third-order valence-electron chi connectivity index (χ3n) is 4.77. The molecule has 182 valence electrons. The summed E-state index contributed by atoms with van der Waals surface area (Å²) in [5.74, 6) is 1.15. The van der Waals surface area contributed by atoms with Crippen LogP contribution in [0.1, 0.15) is 34.8 Å². The van der Waals surface area contributed by atoms with Crippen LogP contribution in [0, 0.1) is 10.1 Å². The number of methoxy groups -OCH3 is 1. The Hall–Kier alpha value is -3.92. The molecule has 0 atom stereocenters. The lowest BCUT2D eigenvalue weighted by atomic mass is 10.2. The second-order valence-electron chi connectivity index (χ2n) is 7.31. The zero-order valence-electron chi connectivity index (χ0n) is 19.2. The van der Waals surface area contributed by atoms with Gasteiger partial charge in [-0.25, -0.2) is 5.43 Å². The number of nitrogens with zero attached hydrogens (tertiary/aromatic N) is 2. The molecule has 10 heteroatoms. The molecule has 0 saturated carbocycles. The quantitative estimate of drug-likeness (QED) is 0.195. The highest BCUT2D eigenvalue weighted by molar-refractivity contribution is 9.10. The van der Waals surface area contributed by atoms with Gasteiger partial charge in [-0.15, -0.1) is 0 Å². The van der Waals surface area contributed by atoms with Gasteiger partial charge in [0.1, 0.15) is 12.4 Å². The molecule has 0 heterocycles. The Kier molecular flexibility index (Phi) is 9.19. The fourth-order valence-electron chi connectivity index (χ4n) is 2.99. The van der Waals surface area contributed by atoms with Crippen molar-refractivity contribution in [2.75, 3.05) is 13.7 Å². The fraction of sp³-hybridized carbons (Fsp3) is 0.200. The number of carbonyl (C=O) groups is 1. The van der Waals surface area contributed by atoms with E-state index in [1.807, 2.05) is 13.0 Å². The van der Waals surface area contributed by atoms with E-state index in [2.05, 4.69) is 26.5 Å². The smallest absolute Gasteiger partial charge is 0.271 e. The number of carbonyl (C=O) groups excluding carboxylic acids is 1. The number of hydrogen-bond acceptors (Lipinski definition) is 7. The van der Waals surface area contributed by atoms with Crippen LogP contribution in [0.25, 0.3) is 0 Å². The van der Waals surface area contributed by atoms with E-state index in [4.69, 9.17) is 14.2 Å².